The molecule has 0 spiro atoms. The first-order valence-corrected chi connectivity index (χ1v) is 8.72. The van der Waals surface area contributed by atoms with Crippen LogP contribution in [0.2, 0.25) is 10.0 Å². The Morgan fingerprint density at radius 3 is 2.15 bits per heavy atom. The average Bonchev–Trinajstić information content (AvgIpc) is 2.62. The third-order valence-electron chi connectivity index (χ3n) is 3.75. The number of rotatable bonds is 4. The van der Waals surface area contributed by atoms with Gasteiger partial charge in [0.1, 0.15) is 0 Å². The normalized spacial score (nSPS) is 9.81. The van der Waals surface area contributed by atoms with Crippen LogP contribution in [0.1, 0.15) is 11.1 Å². The van der Waals surface area contributed by atoms with Gasteiger partial charge in [0.25, 0.3) is 6.47 Å². The Balaban J connectivity index is 0.000000758. The number of aryl methyl sites for hydroxylation is 1. The predicted molar refractivity (Wildman–Crippen MR) is 109 cm³/mol. The van der Waals surface area contributed by atoms with Crippen LogP contribution >= 0.6 is 23.2 Å². The standard InChI is InChI=1S/C20H17Cl2N.CH2O2/c1-14-7-8-17(16-5-3-2-4-6-16)11-20(14)23-13-15-9-18(21)12-19(22)10-15;2-1-3/h2-12,23H,13H2,1H3;1H,(H,2,3). The van der Waals surface area contributed by atoms with E-state index in [-0.39, 0.29) is 6.47 Å². The molecule has 3 aromatic rings. The van der Waals surface area contributed by atoms with Gasteiger partial charge in [0, 0.05) is 22.3 Å². The lowest BCUT2D eigenvalue weighted by molar-refractivity contribution is -0.122. The third kappa shape index (κ3) is 5.80. The van der Waals surface area contributed by atoms with Gasteiger partial charge in [-0.2, -0.15) is 0 Å². The lowest BCUT2D eigenvalue weighted by atomic mass is 10.0. The van der Waals surface area contributed by atoms with Gasteiger partial charge in [0.2, 0.25) is 0 Å². The molecule has 5 heteroatoms. The molecule has 0 aliphatic heterocycles. The van der Waals surface area contributed by atoms with E-state index >= 15 is 0 Å². The van der Waals surface area contributed by atoms with Crippen molar-refractivity contribution in [3.8, 4) is 11.1 Å². The molecule has 0 unspecified atom stereocenters. The molecule has 2 N–H and O–H groups in total. The lowest BCUT2D eigenvalue weighted by Crippen LogP contribution is -2.01. The first-order valence-electron chi connectivity index (χ1n) is 7.96. The maximum absolute atomic E-state index is 8.36. The monoisotopic (exact) mass is 387 g/mol. The Bertz CT molecular complexity index is 847. The summed E-state index contributed by atoms with van der Waals surface area (Å²) in [5, 5.41) is 11.7. The van der Waals surface area contributed by atoms with Crippen LogP contribution in [-0.2, 0) is 11.3 Å². The van der Waals surface area contributed by atoms with Crippen molar-refractivity contribution < 1.29 is 9.90 Å². The highest BCUT2D eigenvalue weighted by Crippen LogP contribution is 2.26. The summed E-state index contributed by atoms with van der Waals surface area (Å²) >= 11 is 12.1. The van der Waals surface area contributed by atoms with Crippen molar-refractivity contribution in [3.63, 3.8) is 0 Å². The molecule has 0 aliphatic carbocycles. The van der Waals surface area contributed by atoms with Crippen LogP contribution in [0, 0.1) is 6.92 Å². The number of nitrogens with one attached hydrogen (secondary N) is 1. The van der Waals surface area contributed by atoms with Gasteiger partial charge in [-0.15, -0.1) is 0 Å². The third-order valence-corrected chi connectivity index (χ3v) is 4.19. The summed E-state index contributed by atoms with van der Waals surface area (Å²) in [6.45, 7) is 2.53. The number of hydrogen-bond acceptors (Lipinski definition) is 2. The van der Waals surface area contributed by atoms with Crippen LogP contribution in [0.5, 0.6) is 0 Å². The number of hydrogen-bond donors (Lipinski definition) is 2. The molecule has 0 amide bonds. The minimum Gasteiger partial charge on any atom is -0.483 e. The second kappa shape index (κ2) is 9.85. The molecule has 134 valence electrons. The molecule has 0 saturated heterocycles. The number of halogens is 2. The molecule has 0 aliphatic rings. The highest BCUT2D eigenvalue weighted by atomic mass is 35.5. The fourth-order valence-corrected chi connectivity index (χ4v) is 3.10. The average molecular weight is 388 g/mol. The molecule has 26 heavy (non-hydrogen) atoms. The lowest BCUT2D eigenvalue weighted by Gasteiger charge is -2.12. The second-order valence-corrected chi connectivity index (χ2v) is 6.51. The largest absolute Gasteiger partial charge is 0.483 e. The smallest absolute Gasteiger partial charge is 0.290 e. The molecule has 0 radical (unpaired) electrons. The molecule has 3 aromatic carbocycles. The first-order chi connectivity index (χ1) is 12.5. The minimum atomic E-state index is -0.250. The minimum absolute atomic E-state index is 0.250. The van der Waals surface area contributed by atoms with Crippen molar-refractivity contribution in [2.45, 2.75) is 13.5 Å². The predicted octanol–water partition coefficient (Wildman–Crippen LogP) is 6.28. The van der Waals surface area contributed by atoms with Crippen LogP contribution in [-0.4, -0.2) is 11.6 Å². The van der Waals surface area contributed by atoms with E-state index in [9.17, 15) is 0 Å². The quantitative estimate of drug-likeness (QED) is 0.517. The zero-order valence-corrected chi connectivity index (χ0v) is 15.8. The summed E-state index contributed by atoms with van der Waals surface area (Å²) in [4.78, 5) is 8.36. The van der Waals surface area contributed by atoms with Crippen LogP contribution in [0.4, 0.5) is 5.69 Å². The SMILES string of the molecule is Cc1ccc(-c2ccccc2)cc1NCc1cc(Cl)cc(Cl)c1.O=CO. The van der Waals surface area contributed by atoms with E-state index in [0.29, 0.717) is 16.6 Å². The number of carboxylic acid groups (broad SMARTS) is 1. The van der Waals surface area contributed by atoms with E-state index in [0.717, 1.165) is 11.3 Å². The molecule has 0 bridgehead atoms. The zero-order chi connectivity index (χ0) is 18.9. The van der Waals surface area contributed by atoms with Crippen molar-refractivity contribution in [1.29, 1.82) is 0 Å². The van der Waals surface area contributed by atoms with Crippen molar-refractivity contribution in [2.75, 3.05) is 5.32 Å². The molecule has 3 nitrogen and oxygen atoms in total. The highest BCUT2D eigenvalue weighted by molar-refractivity contribution is 6.34. The van der Waals surface area contributed by atoms with E-state index in [1.807, 2.05) is 18.2 Å². The van der Waals surface area contributed by atoms with Crippen molar-refractivity contribution >= 4 is 35.4 Å². The Hall–Kier alpha value is -2.49. The summed E-state index contributed by atoms with van der Waals surface area (Å²) in [5.41, 5.74) is 5.79. The maximum atomic E-state index is 8.36. The van der Waals surface area contributed by atoms with Gasteiger partial charge in [-0.1, -0.05) is 65.7 Å². The Kier molecular flexibility index (Phi) is 7.52. The maximum Gasteiger partial charge on any atom is 0.290 e. The van der Waals surface area contributed by atoms with Crippen LogP contribution < -0.4 is 5.32 Å². The van der Waals surface area contributed by atoms with Crippen LogP contribution in [0.25, 0.3) is 11.1 Å². The van der Waals surface area contributed by atoms with Crippen molar-refractivity contribution in [1.82, 2.24) is 0 Å². The highest BCUT2D eigenvalue weighted by Gasteiger charge is 2.04. The summed E-state index contributed by atoms with van der Waals surface area (Å²) < 4.78 is 0. The molecule has 0 atom stereocenters. The summed E-state index contributed by atoms with van der Waals surface area (Å²) in [6, 6.07) is 22.4. The van der Waals surface area contributed by atoms with Gasteiger partial charge in [-0.25, -0.2) is 0 Å². The summed E-state index contributed by atoms with van der Waals surface area (Å²) in [5.74, 6) is 0. The van der Waals surface area contributed by atoms with Gasteiger partial charge in [0.05, 0.1) is 0 Å². The Morgan fingerprint density at radius 2 is 1.54 bits per heavy atom. The second-order valence-electron chi connectivity index (χ2n) is 5.63. The molecule has 0 saturated carbocycles. The van der Waals surface area contributed by atoms with E-state index in [1.54, 1.807) is 6.07 Å². The molecule has 0 heterocycles. The van der Waals surface area contributed by atoms with Gasteiger partial charge in [-0.05, 0) is 53.4 Å². The van der Waals surface area contributed by atoms with Gasteiger partial charge in [0.15, 0.2) is 0 Å². The first kappa shape index (κ1) is 19.8. The summed E-state index contributed by atoms with van der Waals surface area (Å²) in [6.07, 6.45) is 0. The van der Waals surface area contributed by atoms with E-state index in [2.05, 4.69) is 54.7 Å². The summed E-state index contributed by atoms with van der Waals surface area (Å²) in [7, 11) is 0. The fourth-order valence-electron chi connectivity index (χ4n) is 2.53. The van der Waals surface area contributed by atoms with Gasteiger partial charge in [-0.3, -0.25) is 4.79 Å². The van der Waals surface area contributed by atoms with Crippen LogP contribution in [0.15, 0.2) is 66.7 Å². The number of anilines is 1. The van der Waals surface area contributed by atoms with E-state index in [4.69, 9.17) is 33.1 Å². The zero-order valence-electron chi connectivity index (χ0n) is 14.2. The molecule has 0 aromatic heterocycles. The number of carbonyl (C=O) groups is 1. The van der Waals surface area contributed by atoms with Crippen molar-refractivity contribution in [3.05, 3.63) is 87.9 Å². The van der Waals surface area contributed by atoms with E-state index in [1.165, 1.54) is 16.7 Å². The topological polar surface area (TPSA) is 49.3 Å². The fraction of sp³-hybridized carbons (Fsp3) is 0.0952. The Labute approximate surface area is 163 Å². The Morgan fingerprint density at radius 1 is 0.923 bits per heavy atom. The molecular weight excluding hydrogens is 369 g/mol. The van der Waals surface area contributed by atoms with E-state index < -0.39 is 0 Å². The van der Waals surface area contributed by atoms with Gasteiger partial charge >= 0.3 is 0 Å². The number of benzene rings is 3. The van der Waals surface area contributed by atoms with Gasteiger partial charge < -0.3 is 10.4 Å². The van der Waals surface area contributed by atoms with Crippen LogP contribution in [0.3, 0.4) is 0 Å². The molecular formula is C21H19Cl2NO2. The van der Waals surface area contributed by atoms with Crippen molar-refractivity contribution in [2.24, 2.45) is 0 Å². The molecule has 3 rings (SSSR count). The molecule has 0 fully saturated rings.